The van der Waals surface area contributed by atoms with Gasteiger partial charge in [-0.05, 0) is 43.7 Å². The number of rotatable bonds is 3. The molecule has 0 aliphatic rings. The van der Waals surface area contributed by atoms with Crippen LogP contribution in [0.3, 0.4) is 0 Å². The molecular weight excluding hydrogens is 345 g/mol. The lowest BCUT2D eigenvalue weighted by atomic mass is 10.2. The molecule has 0 unspecified atom stereocenters. The van der Waals surface area contributed by atoms with E-state index >= 15 is 0 Å². The second-order valence-corrected chi connectivity index (χ2v) is 6.26. The van der Waals surface area contributed by atoms with E-state index in [0.717, 1.165) is 16.9 Å². The zero-order valence-corrected chi connectivity index (χ0v) is 14.7. The van der Waals surface area contributed by atoms with Crippen molar-refractivity contribution in [3.8, 4) is 5.69 Å². The van der Waals surface area contributed by atoms with Crippen LogP contribution in [0.15, 0.2) is 48.7 Å². The number of hydrogen-bond acceptors (Lipinski definition) is 2. The highest BCUT2D eigenvalue weighted by Crippen LogP contribution is 2.26. The highest BCUT2D eigenvalue weighted by atomic mass is 35.5. The summed E-state index contributed by atoms with van der Waals surface area (Å²) in [5.41, 5.74) is 3.72. The van der Waals surface area contributed by atoms with E-state index in [-0.39, 0.29) is 5.91 Å². The maximum absolute atomic E-state index is 12.6. The van der Waals surface area contributed by atoms with Gasteiger partial charge in [-0.3, -0.25) is 4.79 Å². The SMILES string of the molecule is Cc1ccccc1-n1ncc(C(=O)Nc2cc(Cl)ccc2Cl)c1C. The van der Waals surface area contributed by atoms with Gasteiger partial charge in [-0.1, -0.05) is 41.4 Å². The molecule has 3 aromatic rings. The first-order chi connectivity index (χ1) is 11.5. The van der Waals surface area contributed by atoms with Gasteiger partial charge in [0.05, 0.1) is 33.9 Å². The van der Waals surface area contributed by atoms with E-state index in [1.165, 1.54) is 0 Å². The third kappa shape index (κ3) is 3.16. The topological polar surface area (TPSA) is 46.9 Å². The molecule has 2 aromatic carbocycles. The second-order valence-electron chi connectivity index (χ2n) is 5.42. The van der Waals surface area contributed by atoms with Gasteiger partial charge in [-0.2, -0.15) is 5.10 Å². The number of aryl methyl sites for hydroxylation is 1. The molecule has 0 bridgehead atoms. The van der Waals surface area contributed by atoms with Gasteiger partial charge >= 0.3 is 0 Å². The van der Waals surface area contributed by atoms with E-state index < -0.39 is 0 Å². The normalized spacial score (nSPS) is 10.7. The Morgan fingerprint density at radius 3 is 2.62 bits per heavy atom. The van der Waals surface area contributed by atoms with Gasteiger partial charge in [0.15, 0.2) is 0 Å². The average Bonchev–Trinajstić information content (AvgIpc) is 2.93. The van der Waals surface area contributed by atoms with E-state index in [1.54, 1.807) is 29.1 Å². The number of nitrogens with zero attached hydrogens (tertiary/aromatic N) is 2. The Balaban J connectivity index is 1.92. The third-order valence-corrected chi connectivity index (χ3v) is 4.34. The molecule has 24 heavy (non-hydrogen) atoms. The van der Waals surface area contributed by atoms with Crippen molar-refractivity contribution in [2.24, 2.45) is 0 Å². The van der Waals surface area contributed by atoms with Gasteiger partial charge in [0.25, 0.3) is 5.91 Å². The summed E-state index contributed by atoms with van der Waals surface area (Å²) in [5.74, 6) is -0.281. The molecule has 4 nitrogen and oxygen atoms in total. The number of carbonyl (C=O) groups is 1. The zero-order valence-electron chi connectivity index (χ0n) is 13.2. The molecule has 122 valence electrons. The summed E-state index contributed by atoms with van der Waals surface area (Å²) in [7, 11) is 0. The number of halogens is 2. The third-order valence-electron chi connectivity index (χ3n) is 3.77. The van der Waals surface area contributed by atoms with Crippen LogP contribution in [0.5, 0.6) is 0 Å². The number of nitrogens with one attached hydrogen (secondary N) is 1. The van der Waals surface area contributed by atoms with Crippen molar-refractivity contribution in [1.29, 1.82) is 0 Å². The Hall–Kier alpha value is -2.30. The Labute approximate surface area is 150 Å². The van der Waals surface area contributed by atoms with Crippen LogP contribution < -0.4 is 5.32 Å². The highest BCUT2D eigenvalue weighted by Gasteiger charge is 2.17. The first-order valence-corrected chi connectivity index (χ1v) is 8.10. The van der Waals surface area contributed by atoms with Crippen LogP contribution in [-0.2, 0) is 0 Å². The molecule has 3 rings (SSSR count). The zero-order chi connectivity index (χ0) is 17.3. The van der Waals surface area contributed by atoms with E-state index in [0.29, 0.717) is 21.3 Å². The van der Waals surface area contributed by atoms with Gasteiger partial charge in [0.2, 0.25) is 0 Å². The van der Waals surface area contributed by atoms with Crippen molar-refractivity contribution in [2.75, 3.05) is 5.32 Å². The molecule has 0 saturated heterocycles. The van der Waals surface area contributed by atoms with Crippen LogP contribution in [0.2, 0.25) is 10.0 Å². The summed E-state index contributed by atoms with van der Waals surface area (Å²) >= 11 is 12.0. The lowest BCUT2D eigenvalue weighted by Crippen LogP contribution is -2.13. The van der Waals surface area contributed by atoms with Gasteiger partial charge in [-0.15, -0.1) is 0 Å². The predicted molar refractivity (Wildman–Crippen MR) is 97.5 cm³/mol. The lowest BCUT2D eigenvalue weighted by molar-refractivity contribution is 0.102. The highest BCUT2D eigenvalue weighted by molar-refractivity contribution is 6.35. The quantitative estimate of drug-likeness (QED) is 0.711. The fraction of sp³-hybridized carbons (Fsp3) is 0.111. The van der Waals surface area contributed by atoms with Gasteiger partial charge in [0, 0.05) is 5.02 Å². The maximum atomic E-state index is 12.6. The first-order valence-electron chi connectivity index (χ1n) is 7.34. The number of carbonyl (C=O) groups excluding carboxylic acids is 1. The van der Waals surface area contributed by atoms with Gasteiger partial charge in [-0.25, -0.2) is 4.68 Å². The van der Waals surface area contributed by atoms with Crippen molar-refractivity contribution in [3.63, 3.8) is 0 Å². The molecule has 1 aromatic heterocycles. The largest absolute Gasteiger partial charge is 0.320 e. The molecule has 6 heteroatoms. The van der Waals surface area contributed by atoms with Crippen LogP contribution in [0, 0.1) is 13.8 Å². The van der Waals surface area contributed by atoms with Crippen LogP contribution in [-0.4, -0.2) is 15.7 Å². The molecule has 1 N–H and O–H groups in total. The fourth-order valence-electron chi connectivity index (χ4n) is 2.46. The minimum Gasteiger partial charge on any atom is -0.320 e. The number of benzene rings is 2. The molecular formula is C18H15Cl2N3O. The van der Waals surface area contributed by atoms with E-state index in [4.69, 9.17) is 23.2 Å². The molecule has 0 radical (unpaired) electrons. The Bertz CT molecular complexity index is 918. The molecule has 1 amide bonds. The Morgan fingerprint density at radius 1 is 1.12 bits per heavy atom. The Morgan fingerprint density at radius 2 is 1.88 bits per heavy atom. The second kappa shape index (κ2) is 6.67. The minimum atomic E-state index is -0.281. The average molecular weight is 360 g/mol. The number of aromatic nitrogens is 2. The van der Waals surface area contributed by atoms with Crippen LogP contribution >= 0.6 is 23.2 Å². The van der Waals surface area contributed by atoms with Gasteiger partial charge < -0.3 is 5.32 Å². The summed E-state index contributed by atoms with van der Waals surface area (Å²) in [6.45, 7) is 3.86. The maximum Gasteiger partial charge on any atom is 0.259 e. The molecule has 0 aliphatic carbocycles. The minimum absolute atomic E-state index is 0.281. The summed E-state index contributed by atoms with van der Waals surface area (Å²) in [6.07, 6.45) is 1.55. The summed E-state index contributed by atoms with van der Waals surface area (Å²) in [4.78, 5) is 12.6. The molecule has 0 fully saturated rings. The number of anilines is 1. The number of hydrogen-bond donors (Lipinski definition) is 1. The number of para-hydroxylation sites is 1. The smallest absolute Gasteiger partial charge is 0.259 e. The fourth-order valence-corrected chi connectivity index (χ4v) is 2.80. The summed E-state index contributed by atoms with van der Waals surface area (Å²) < 4.78 is 1.75. The Kier molecular flexibility index (Phi) is 4.60. The standard InChI is InChI=1S/C18H15Cl2N3O/c1-11-5-3-4-6-17(11)23-12(2)14(10-21-23)18(24)22-16-9-13(19)7-8-15(16)20/h3-10H,1-2H3,(H,22,24). The monoisotopic (exact) mass is 359 g/mol. The molecule has 0 atom stereocenters. The lowest BCUT2D eigenvalue weighted by Gasteiger charge is -2.09. The first kappa shape index (κ1) is 16.6. The van der Waals surface area contributed by atoms with E-state index in [1.807, 2.05) is 38.1 Å². The molecule has 0 aliphatic heterocycles. The summed E-state index contributed by atoms with van der Waals surface area (Å²) in [6, 6.07) is 12.8. The van der Waals surface area contributed by atoms with Gasteiger partial charge in [0.1, 0.15) is 0 Å². The molecule has 0 spiro atoms. The van der Waals surface area contributed by atoms with Crippen LogP contribution in [0.25, 0.3) is 5.69 Å². The van der Waals surface area contributed by atoms with Crippen molar-refractivity contribution in [3.05, 3.63) is 75.5 Å². The van der Waals surface area contributed by atoms with Crippen LogP contribution in [0.1, 0.15) is 21.6 Å². The van der Waals surface area contributed by atoms with Crippen molar-refractivity contribution < 1.29 is 4.79 Å². The van der Waals surface area contributed by atoms with Crippen molar-refractivity contribution in [2.45, 2.75) is 13.8 Å². The van der Waals surface area contributed by atoms with Crippen molar-refractivity contribution in [1.82, 2.24) is 9.78 Å². The predicted octanol–water partition coefficient (Wildman–Crippen LogP) is 5.05. The van der Waals surface area contributed by atoms with Crippen molar-refractivity contribution >= 4 is 34.8 Å². The molecule has 0 saturated carbocycles. The number of amides is 1. The van der Waals surface area contributed by atoms with Crippen LogP contribution in [0.4, 0.5) is 5.69 Å². The van der Waals surface area contributed by atoms with E-state index in [9.17, 15) is 4.79 Å². The summed E-state index contributed by atoms with van der Waals surface area (Å²) in [5, 5.41) is 8.05. The van der Waals surface area contributed by atoms with E-state index in [2.05, 4.69) is 10.4 Å². The molecule has 1 heterocycles.